The number of halogens is 3. The molecule has 0 spiro atoms. The Hall–Kier alpha value is -2.27. The number of carbonyl (C=O) groups is 1. The molecule has 0 atom stereocenters. The van der Waals surface area contributed by atoms with E-state index >= 15 is 0 Å². The third-order valence-electron chi connectivity index (χ3n) is 4.34. The second-order valence-corrected chi connectivity index (χ2v) is 7.63. The first-order valence-electron chi connectivity index (χ1n) is 8.05. The van der Waals surface area contributed by atoms with Gasteiger partial charge in [0.2, 0.25) is 5.78 Å². The van der Waals surface area contributed by atoms with Crippen LogP contribution >= 0.6 is 39.1 Å². The van der Waals surface area contributed by atoms with Crippen molar-refractivity contribution in [3.8, 4) is 16.9 Å². The Balaban J connectivity index is 2.01. The third-order valence-corrected chi connectivity index (χ3v) is 5.70. The maximum atomic E-state index is 13.4. The smallest absolute Gasteiger partial charge is 0.210 e. The van der Waals surface area contributed by atoms with Crippen LogP contribution in [-0.2, 0) is 0 Å². The van der Waals surface area contributed by atoms with Crippen LogP contribution in [0.2, 0.25) is 10.0 Å². The van der Waals surface area contributed by atoms with Gasteiger partial charge in [-0.2, -0.15) is 0 Å². The van der Waals surface area contributed by atoms with Crippen LogP contribution in [0.15, 0.2) is 71.3 Å². The predicted molar refractivity (Wildman–Crippen MR) is 112 cm³/mol. The molecule has 0 aliphatic heterocycles. The molecular weight excluding hydrogens is 449 g/mol. The van der Waals surface area contributed by atoms with Crippen LogP contribution in [0.1, 0.15) is 16.1 Å². The van der Waals surface area contributed by atoms with Gasteiger partial charge < -0.3 is 9.51 Å². The van der Waals surface area contributed by atoms with Gasteiger partial charge in [-0.15, -0.1) is 0 Å². The van der Waals surface area contributed by atoms with Gasteiger partial charge >= 0.3 is 0 Å². The van der Waals surface area contributed by atoms with Gasteiger partial charge in [0, 0.05) is 22.3 Å². The fraction of sp³-hybridized carbons (Fsp3) is 0. The summed E-state index contributed by atoms with van der Waals surface area (Å²) in [6, 6.07) is 17.5. The van der Waals surface area contributed by atoms with E-state index in [0.717, 1.165) is 21.1 Å². The molecule has 0 bridgehead atoms. The number of hydrogen-bond acceptors (Lipinski definition) is 2. The Labute approximate surface area is 173 Å². The lowest BCUT2D eigenvalue weighted by molar-refractivity contribution is 0.103. The van der Waals surface area contributed by atoms with E-state index in [0.29, 0.717) is 16.3 Å². The van der Waals surface area contributed by atoms with Crippen LogP contribution in [0, 0.1) is 0 Å². The van der Waals surface area contributed by atoms with Crippen molar-refractivity contribution in [2.24, 2.45) is 0 Å². The molecule has 4 aromatic rings. The Morgan fingerprint density at radius 2 is 1.74 bits per heavy atom. The Morgan fingerprint density at radius 1 is 1.00 bits per heavy atom. The highest BCUT2D eigenvalue weighted by Gasteiger charge is 2.24. The van der Waals surface area contributed by atoms with E-state index in [1.54, 1.807) is 18.2 Å². The molecule has 1 N–H and O–H groups in total. The average Bonchev–Trinajstić information content (AvgIpc) is 2.97. The van der Waals surface area contributed by atoms with Gasteiger partial charge in [-0.1, -0.05) is 41.4 Å². The lowest BCUT2D eigenvalue weighted by atomic mass is 10.00. The normalized spacial score (nSPS) is 11.1. The van der Waals surface area contributed by atoms with Gasteiger partial charge in [0.1, 0.15) is 11.4 Å². The van der Waals surface area contributed by atoms with Crippen molar-refractivity contribution >= 4 is 50.4 Å². The molecule has 0 aliphatic rings. The standard InChI is InChI=1S/C21H12BrCl2NO2/c22-19-16-3-1-2-10-25(16)20(18(19)12-4-7-14(23)8-5-12)21(27)13-6-9-17(26)15(24)11-13/h1-11,26H. The van der Waals surface area contributed by atoms with Gasteiger partial charge in [-0.25, -0.2) is 0 Å². The highest BCUT2D eigenvalue weighted by Crippen LogP contribution is 2.39. The zero-order chi connectivity index (χ0) is 19.1. The van der Waals surface area contributed by atoms with E-state index in [2.05, 4.69) is 15.9 Å². The average molecular weight is 461 g/mol. The number of hydrogen-bond donors (Lipinski definition) is 1. The number of aromatic nitrogens is 1. The molecule has 0 saturated heterocycles. The summed E-state index contributed by atoms with van der Waals surface area (Å²) in [6.07, 6.45) is 1.84. The van der Waals surface area contributed by atoms with Gasteiger partial charge in [0.25, 0.3) is 0 Å². The summed E-state index contributed by atoms with van der Waals surface area (Å²) < 4.78 is 2.66. The first-order chi connectivity index (χ1) is 13.0. The lowest BCUT2D eigenvalue weighted by Crippen LogP contribution is -2.07. The van der Waals surface area contributed by atoms with Crippen LogP contribution in [0.3, 0.4) is 0 Å². The van der Waals surface area contributed by atoms with Gasteiger partial charge in [-0.05, 0) is 64.0 Å². The van der Waals surface area contributed by atoms with Crippen molar-refractivity contribution in [3.05, 3.63) is 92.6 Å². The van der Waals surface area contributed by atoms with Crippen molar-refractivity contribution in [2.45, 2.75) is 0 Å². The highest BCUT2D eigenvalue weighted by atomic mass is 79.9. The zero-order valence-corrected chi connectivity index (χ0v) is 16.9. The SMILES string of the molecule is O=C(c1ccc(O)c(Cl)c1)c1c(-c2ccc(Cl)cc2)c(Br)c2ccccn12. The number of aromatic hydroxyl groups is 1. The van der Waals surface area contributed by atoms with E-state index in [-0.39, 0.29) is 16.6 Å². The molecule has 0 fully saturated rings. The molecular formula is C21H12BrCl2NO2. The molecule has 27 heavy (non-hydrogen) atoms. The van der Waals surface area contributed by atoms with Gasteiger partial charge in [-0.3, -0.25) is 4.79 Å². The molecule has 6 heteroatoms. The molecule has 2 aromatic carbocycles. The topological polar surface area (TPSA) is 41.7 Å². The van der Waals surface area contributed by atoms with Gasteiger partial charge in [0.05, 0.1) is 15.0 Å². The molecule has 4 rings (SSSR count). The number of fused-ring (bicyclic) bond motifs is 1. The first kappa shape index (κ1) is 18.1. The Morgan fingerprint density at radius 3 is 2.44 bits per heavy atom. The highest BCUT2D eigenvalue weighted by molar-refractivity contribution is 9.10. The van der Waals surface area contributed by atoms with E-state index in [4.69, 9.17) is 23.2 Å². The Kier molecular flexibility index (Phi) is 4.72. The number of benzene rings is 2. The van der Waals surface area contributed by atoms with Crippen molar-refractivity contribution in [3.63, 3.8) is 0 Å². The van der Waals surface area contributed by atoms with Crippen LogP contribution in [-0.4, -0.2) is 15.3 Å². The molecule has 0 amide bonds. The van der Waals surface area contributed by atoms with Gasteiger partial charge in [0.15, 0.2) is 0 Å². The minimum Gasteiger partial charge on any atom is -0.506 e. The number of phenolic OH excluding ortho intramolecular Hbond substituents is 1. The summed E-state index contributed by atoms with van der Waals surface area (Å²) in [5.41, 5.74) is 3.40. The summed E-state index contributed by atoms with van der Waals surface area (Å²) >= 11 is 15.7. The Bertz CT molecular complexity index is 1180. The second kappa shape index (κ2) is 7.04. The van der Waals surface area contributed by atoms with Crippen molar-refractivity contribution in [1.29, 1.82) is 0 Å². The van der Waals surface area contributed by atoms with Crippen LogP contribution in [0.4, 0.5) is 0 Å². The molecule has 0 aliphatic carbocycles. The predicted octanol–water partition coefficient (Wildman–Crippen LogP) is 6.61. The summed E-state index contributed by atoms with van der Waals surface area (Å²) in [4.78, 5) is 13.4. The number of carbonyl (C=O) groups excluding carboxylic acids is 1. The minimum atomic E-state index is -0.200. The third kappa shape index (κ3) is 3.14. The maximum absolute atomic E-state index is 13.4. The van der Waals surface area contributed by atoms with Crippen molar-refractivity contribution in [2.75, 3.05) is 0 Å². The number of phenols is 1. The summed E-state index contributed by atoms with van der Waals surface area (Å²) in [6.45, 7) is 0. The quantitative estimate of drug-likeness (QED) is 0.349. The van der Waals surface area contributed by atoms with Crippen molar-refractivity contribution in [1.82, 2.24) is 4.40 Å². The molecule has 0 unspecified atom stereocenters. The molecule has 134 valence electrons. The van der Waals surface area contributed by atoms with Crippen molar-refractivity contribution < 1.29 is 9.90 Å². The van der Waals surface area contributed by atoms with E-state index in [1.165, 1.54) is 12.1 Å². The molecule has 2 aromatic heterocycles. The fourth-order valence-corrected chi connectivity index (χ4v) is 4.10. The van der Waals surface area contributed by atoms with Crippen LogP contribution in [0.25, 0.3) is 16.6 Å². The van der Waals surface area contributed by atoms with E-state index in [9.17, 15) is 9.90 Å². The lowest BCUT2D eigenvalue weighted by Gasteiger charge is -2.08. The number of pyridine rings is 1. The number of ketones is 1. The van der Waals surface area contributed by atoms with Crippen LogP contribution in [0.5, 0.6) is 5.75 Å². The summed E-state index contributed by atoms with van der Waals surface area (Å²) in [5.74, 6) is -0.263. The molecule has 0 radical (unpaired) electrons. The monoisotopic (exact) mass is 459 g/mol. The second-order valence-electron chi connectivity index (χ2n) is 6.00. The summed E-state index contributed by atoms with van der Waals surface area (Å²) in [5, 5.41) is 10.4. The largest absolute Gasteiger partial charge is 0.506 e. The fourth-order valence-electron chi connectivity index (χ4n) is 3.06. The molecule has 2 heterocycles. The minimum absolute atomic E-state index is 0.0626. The molecule has 3 nitrogen and oxygen atoms in total. The number of rotatable bonds is 3. The van der Waals surface area contributed by atoms with Crippen LogP contribution < -0.4 is 0 Å². The zero-order valence-electron chi connectivity index (χ0n) is 13.8. The maximum Gasteiger partial charge on any atom is 0.210 e. The first-order valence-corrected chi connectivity index (χ1v) is 9.60. The molecule has 0 saturated carbocycles. The van der Waals surface area contributed by atoms with E-state index < -0.39 is 0 Å². The van der Waals surface area contributed by atoms with E-state index in [1.807, 2.05) is 40.9 Å². The summed E-state index contributed by atoms with van der Waals surface area (Å²) in [7, 11) is 0. The number of nitrogens with zero attached hydrogens (tertiary/aromatic N) is 1.